The van der Waals surface area contributed by atoms with Gasteiger partial charge >= 0.3 is 6.09 Å². The predicted octanol–water partition coefficient (Wildman–Crippen LogP) is 3.65. The van der Waals surface area contributed by atoms with Crippen LogP contribution in [0.3, 0.4) is 0 Å². The zero-order valence-corrected chi connectivity index (χ0v) is 17.3. The fourth-order valence-electron chi connectivity index (χ4n) is 2.74. The van der Waals surface area contributed by atoms with Gasteiger partial charge in [0.1, 0.15) is 10.6 Å². The summed E-state index contributed by atoms with van der Waals surface area (Å²) in [6, 6.07) is 1.58. The van der Waals surface area contributed by atoms with Gasteiger partial charge in [-0.2, -0.15) is 0 Å². The van der Waals surface area contributed by atoms with Gasteiger partial charge in [-0.05, 0) is 53.5 Å². The van der Waals surface area contributed by atoms with E-state index in [0.29, 0.717) is 42.4 Å². The first-order valence-corrected chi connectivity index (χ1v) is 9.54. The predicted molar refractivity (Wildman–Crippen MR) is 103 cm³/mol. The van der Waals surface area contributed by atoms with Gasteiger partial charge in [0.2, 0.25) is 5.88 Å². The number of ether oxygens (including phenoxy) is 2. The third-order valence-corrected chi connectivity index (χ3v) is 4.18. The van der Waals surface area contributed by atoms with Gasteiger partial charge in [-0.15, -0.1) is 0 Å². The SMILES string of the molecule is CC(C)Oc1ncc(C(=O)N2CCC(NC(=O)OC(C)(C)C)CC2)cc1Cl. The number of carbonyl (C=O) groups is 2. The first kappa shape index (κ1) is 21.3. The number of alkyl carbamates (subject to hydrolysis) is 1. The van der Waals surface area contributed by atoms with Gasteiger partial charge in [0.15, 0.2) is 0 Å². The van der Waals surface area contributed by atoms with Gasteiger partial charge in [0, 0.05) is 25.3 Å². The van der Waals surface area contributed by atoms with Gasteiger partial charge in [-0.3, -0.25) is 4.79 Å². The Morgan fingerprint density at radius 2 is 1.93 bits per heavy atom. The molecule has 1 aromatic heterocycles. The van der Waals surface area contributed by atoms with E-state index in [-0.39, 0.29) is 18.1 Å². The molecule has 1 aliphatic heterocycles. The van der Waals surface area contributed by atoms with Crippen molar-refractivity contribution in [3.63, 3.8) is 0 Å². The molecule has 1 aromatic rings. The first-order valence-electron chi connectivity index (χ1n) is 9.16. The van der Waals surface area contributed by atoms with Crippen molar-refractivity contribution in [2.45, 2.75) is 65.2 Å². The van der Waals surface area contributed by atoms with Crippen LogP contribution in [0.4, 0.5) is 4.79 Å². The van der Waals surface area contributed by atoms with Crippen LogP contribution in [0.5, 0.6) is 5.88 Å². The Labute approximate surface area is 165 Å². The van der Waals surface area contributed by atoms with Crippen molar-refractivity contribution in [1.29, 1.82) is 0 Å². The second kappa shape index (κ2) is 8.78. The number of carbonyl (C=O) groups excluding carboxylic acids is 2. The summed E-state index contributed by atoms with van der Waals surface area (Å²) in [4.78, 5) is 30.4. The van der Waals surface area contributed by atoms with Gasteiger partial charge < -0.3 is 19.7 Å². The molecule has 2 heterocycles. The second-order valence-electron chi connectivity index (χ2n) is 7.89. The average Bonchev–Trinajstić information content (AvgIpc) is 2.54. The van der Waals surface area contributed by atoms with Crippen molar-refractivity contribution in [3.8, 4) is 5.88 Å². The van der Waals surface area contributed by atoms with Crippen molar-refractivity contribution in [3.05, 3.63) is 22.8 Å². The maximum atomic E-state index is 12.7. The number of likely N-dealkylation sites (tertiary alicyclic amines) is 1. The maximum Gasteiger partial charge on any atom is 0.407 e. The molecule has 0 bridgehead atoms. The molecule has 27 heavy (non-hydrogen) atoms. The molecule has 8 heteroatoms. The number of piperidine rings is 1. The Kier molecular flexibility index (Phi) is 6.92. The van der Waals surface area contributed by atoms with Crippen LogP contribution < -0.4 is 10.1 Å². The molecule has 1 fully saturated rings. The molecule has 7 nitrogen and oxygen atoms in total. The van der Waals surface area contributed by atoms with E-state index in [1.807, 2.05) is 34.6 Å². The Bertz CT molecular complexity index is 680. The molecule has 150 valence electrons. The molecule has 0 saturated carbocycles. The highest BCUT2D eigenvalue weighted by molar-refractivity contribution is 6.32. The van der Waals surface area contributed by atoms with E-state index in [9.17, 15) is 9.59 Å². The number of aromatic nitrogens is 1. The van der Waals surface area contributed by atoms with Crippen LogP contribution in [0.2, 0.25) is 5.02 Å². The van der Waals surface area contributed by atoms with Crippen LogP contribution in [0.25, 0.3) is 0 Å². The van der Waals surface area contributed by atoms with Crippen LogP contribution >= 0.6 is 11.6 Å². The highest BCUT2D eigenvalue weighted by Crippen LogP contribution is 2.24. The van der Waals surface area contributed by atoms with Gasteiger partial charge in [-0.25, -0.2) is 9.78 Å². The summed E-state index contributed by atoms with van der Waals surface area (Å²) in [6.45, 7) is 10.3. The number of halogens is 1. The van der Waals surface area contributed by atoms with Crippen LogP contribution in [0.15, 0.2) is 12.3 Å². The maximum absolute atomic E-state index is 12.7. The molecule has 1 saturated heterocycles. The normalized spacial score (nSPS) is 15.6. The van der Waals surface area contributed by atoms with Crippen molar-refractivity contribution in [2.24, 2.45) is 0 Å². The summed E-state index contributed by atoms with van der Waals surface area (Å²) >= 11 is 6.17. The summed E-state index contributed by atoms with van der Waals surface area (Å²) in [5.41, 5.74) is -0.104. The molecule has 0 unspecified atom stereocenters. The highest BCUT2D eigenvalue weighted by Gasteiger charge is 2.26. The van der Waals surface area contributed by atoms with E-state index in [1.165, 1.54) is 6.20 Å². The molecular weight excluding hydrogens is 370 g/mol. The lowest BCUT2D eigenvalue weighted by molar-refractivity contribution is 0.0473. The monoisotopic (exact) mass is 397 g/mol. The number of rotatable bonds is 4. The summed E-state index contributed by atoms with van der Waals surface area (Å²) in [5.74, 6) is 0.194. The molecule has 1 N–H and O–H groups in total. The van der Waals surface area contributed by atoms with Gasteiger partial charge in [0.05, 0.1) is 11.7 Å². The van der Waals surface area contributed by atoms with Crippen LogP contribution in [0, 0.1) is 0 Å². The smallest absolute Gasteiger partial charge is 0.407 e. The second-order valence-corrected chi connectivity index (χ2v) is 8.30. The lowest BCUT2D eigenvalue weighted by Crippen LogP contribution is -2.47. The summed E-state index contributed by atoms with van der Waals surface area (Å²) in [5, 5.41) is 3.18. The lowest BCUT2D eigenvalue weighted by atomic mass is 10.0. The standard InChI is InChI=1S/C19H28ClN3O4/c1-12(2)26-16-15(20)10-13(11-21-16)17(24)23-8-6-14(7-9-23)22-18(25)27-19(3,4)5/h10-12,14H,6-9H2,1-5H3,(H,22,25). The minimum Gasteiger partial charge on any atom is -0.474 e. The van der Waals surface area contributed by atoms with Crippen molar-refractivity contribution >= 4 is 23.6 Å². The molecule has 2 amide bonds. The third kappa shape index (κ3) is 6.57. The highest BCUT2D eigenvalue weighted by atomic mass is 35.5. The van der Waals surface area contributed by atoms with Gasteiger partial charge in [-0.1, -0.05) is 11.6 Å². The summed E-state index contributed by atoms with van der Waals surface area (Å²) in [6.07, 6.45) is 2.34. The Morgan fingerprint density at radius 1 is 1.30 bits per heavy atom. The largest absolute Gasteiger partial charge is 0.474 e. The molecule has 1 aliphatic rings. The van der Waals surface area contributed by atoms with Crippen LogP contribution in [-0.4, -0.2) is 52.7 Å². The van der Waals surface area contributed by atoms with Crippen molar-refractivity contribution in [1.82, 2.24) is 15.2 Å². The number of amides is 2. The molecular formula is C19H28ClN3O4. The summed E-state index contributed by atoms with van der Waals surface area (Å²) in [7, 11) is 0. The Morgan fingerprint density at radius 3 is 2.44 bits per heavy atom. The number of hydrogen-bond acceptors (Lipinski definition) is 5. The fraction of sp³-hybridized carbons (Fsp3) is 0.632. The topological polar surface area (TPSA) is 80.8 Å². The quantitative estimate of drug-likeness (QED) is 0.838. The van der Waals surface area contributed by atoms with E-state index in [2.05, 4.69) is 10.3 Å². The average molecular weight is 398 g/mol. The number of nitrogens with zero attached hydrogens (tertiary/aromatic N) is 2. The van der Waals surface area contributed by atoms with E-state index in [4.69, 9.17) is 21.1 Å². The van der Waals surface area contributed by atoms with E-state index < -0.39 is 11.7 Å². The van der Waals surface area contributed by atoms with Crippen molar-refractivity contribution < 1.29 is 19.1 Å². The Balaban J connectivity index is 1.89. The van der Waals surface area contributed by atoms with E-state index in [1.54, 1.807) is 11.0 Å². The van der Waals surface area contributed by atoms with E-state index >= 15 is 0 Å². The zero-order valence-electron chi connectivity index (χ0n) is 16.5. The molecule has 0 aromatic carbocycles. The summed E-state index contributed by atoms with van der Waals surface area (Å²) < 4.78 is 10.8. The zero-order chi connectivity index (χ0) is 20.2. The number of pyridine rings is 1. The minimum absolute atomic E-state index is 0.00701. The van der Waals surface area contributed by atoms with E-state index in [0.717, 1.165) is 0 Å². The number of hydrogen-bond donors (Lipinski definition) is 1. The van der Waals surface area contributed by atoms with Crippen molar-refractivity contribution in [2.75, 3.05) is 13.1 Å². The molecule has 0 radical (unpaired) electrons. The number of nitrogens with one attached hydrogen (secondary N) is 1. The minimum atomic E-state index is -0.529. The first-order chi connectivity index (χ1) is 12.5. The van der Waals surface area contributed by atoms with Crippen LogP contribution in [0.1, 0.15) is 57.8 Å². The molecule has 0 spiro atoms. The van der Waals surface area contributed by atoms with Gasteiger partial charge in [0.25, 0.3) is 5.91 Å². The van der Waals surface area contributed by atoms with Crippen LogP contribution in [-0.2, 0) is 4.74 Å². The third-order valence-electron chi connectivity index (χ3n) is 3.90. The Hall–Kier alpha value is -2.02. The molecule has 0 atom stereocenters. The molecule has 2 rings (SSSR count). The fourth-order valence-corrected chi connectivity index (χ4v) is 2.95. The lowest BCUT2D eigenvalue weighted by Gasteiger charge is -2.33. The molecule has 0 aliphatic carbocycles.